The van der Waals surface area contributed by atoms with Crippen LogP contribution in [0.15, 0.2) is 121 Å². The average Bonchev–Trinajstić information content (AvgIpc) is 3.68. The topological polar surface area (TPSA) is 43.6 Å². The van der Waals surface area contributed by atoms with Crippen LogP contribution in [0.1, 0.15) is 39.6 Å². The zero-order valence-electron chi connectivity index (χ0n) is 23.3. The Labute approximate surface area is 278 Å². The third-order valence-corrected chi connectivity index (χ3v) is 11.3. The van der Waals surface area contributed by atoms with Crippen molar-refractivity contribution in [3.8, 4) is 5.75 Å². The number of ether oxygens (including phenoxy) is 1. The summed E-state index contributed by atoms with van der Waals surface area (Å²) in [7, 11) is 0. The Balaban J connectivity index is 1.18. The highest BCUT2D eigenvalue weighted by Gasteiger charge is 2.33. The van der Waals surface area contributed by atoms with Crippen molar-refractivity contribution in [3.05, 3.63) is 158 Å². The van der Waals surface area contributed by atoms with Gasteiger partial charge in [0.2, 0.25) is 0 Å². The lowest BCUT2D eigenvalue weighted by molar-refractivity contribution is 0.303. The summed E-state index contributed by atoms with van der Waals surface area (Å²) in [4.78, 5) is 21.1. The van der Waals surface area contributed by atoms with Crippen molar-refractivity contribution in [1.29, 1.82) is 0 Å². The van der Waals surface area contributed by atoms with Crippen LogP contribution in [0.5, 0.6) is 5.75 Å². The minimum atomic E-state index is -0.139. The molecule has 0 bridgehead atoms. The molecule has 0 radical (unpaired) electrons. The Hall–Kier alpha value is -3.56. The molecule has 2 aliphatic rings. The monoisotopic (exact) mass is 738 g/mol. The van der Waals surface area contributed by atoms with Crippen LogP contribution in [-0.4, -0.2) is 4.57 Å². The first kappa shape index (κ1) is 28.0. The van der Waals surface area contributed by atoms with E-state index in [0.717, 1.165) is 54.0 Å². The van der Waals surface area contributed by atoms with Crippen LogP contribution in [0.2, 0.25) is 0 Å². The number of allylic oxidation sites excluding steroid dienone is 1. The molecule has 1 aliphatic heterocycles. The minimum absolute atomic E-state index is 0.0129. The van der Waals surface area contributed by atoms with Crippen LogP contribution in [0, 0.1) is 0 Å². The number of aryl methyl sites for hydroxylation is 1. The molecule has 0 fully saturated rings. The van der Waals surface area contributed by atoms with Gasteiger partial charge < -0.3 is 4.74 Å². The predicted octanol–water partition coefficient (Wildman–Crippen LogP) is 8.64. The lowest BCUT2D eigenvalue weighted by Crippen LogP contribution is -2.38. The minimum Gasteiger partial charge on any atom is -0.487 e. The van der Waals surface area contributed by atoms with Gasteiger partial charge in [0.05, 0.1) is 25.2 Å². The Kier molecular flexibility index (Phi) is 7.25. The Bertz CT molecular complexity index is 2270. The lowest BCUT2D eigenvalue weighted by atomic mass is 9.85. The van der Waals surface area contributed by atoms with E-state index >= 15 is 0 Å². The number of nitrogens with zero attached hydrogens (tertiary/aromatic N) is 2. The molecule has 1 aliphatic carbocycles. The number of fused-ring (bicyclic) bond motifs is 4. The highest BCUT2D eigenvalue weighted by atomic mass is 79.9. The highest BCUT2D eigenvalue weighted by molar-refractivity contribution is 9.11. The first-order chi connectivity index (χ1) is 21.5. The van der Waals surface area contributed by atoms with Crippen molar-refractivity contribution in [2.75, 3.05) is 0 Å². The quantitative estimate of drug-likeness (QED) is 0.178. The number of thiazole rings is 1. The predicted molar refractivity (Wildman–Crippen MR) is 187 cm³/mol. The standard InChI is InChI=1S/C36H24Br2N2O2S2/c37-28-17-21(18-29(38)34(28)42-20-24-10-5-9-22-7-1-3-11-25(22)24)19-31-35(41)40-33(30-13-6-16-43-30)27-15-14-23-8-2-4-12-26(23)32(27)39-36(40)44-31/h1-13,16-19,33H,14-15,20H2/b31-19-/t33-/m0/s1. The van der Waals surface area contributed by atoms with E-state index in [0.29, 0.717) is 11.1 Å². The molecule has 3 heterocycles. The summed E-state index contributed by atoms with van der Waals surface area (Å²) in [5, 5.41) is 4.46. The van der Waals surface area contributed by atoms with Gasteiger partial charge in [-0.1, -0.05) is 84.1 Å². The van der Waals surface area contributed by atoms with Crippen molar-refractivity contribution in [3.63, 3.8) is 0 Å². The zero-order valence-corrected chi connectivity index (χ0v) is 28.1. The van der Waals surface area contributed by atoms with Gasteiger partial charge >= 0.3 is 0 Å². The second-order valence-electron chi connectivity index (χ2n) is 10.9. The second kappa shape index (κ2) is 11.4. The molecule has 6 aromatic rings. The first-order valence-corrected chi connectivity index (χ1v) is 17.6. The van der Waals surface area contributed by atoms with E-state index in [4.69, 9.17) is 9.73 Å². The third kappa shape index (κ3) is 4.85. The van der Waals surface area contributed by atoms with Crippen molar-refractivity contribution in [2.24, 2.45) is 4.99 Å². The van der Waals surface area contributed by atoms with Gasteiger partial charge in [-0.25, -0.2) is 4.99 Å². The van der Waals surface area contributed by atoms with Crippen LogP contribution in [0.25, 0.3) is 22.5 Å². The van der Waals surface area contributed by atoms with Gasteiger partial charge in [0, 0.05) is 10.4 Å². The maximum atomic E-state index is 14.1. The molecule has 2 aromatic heterocycles. The molecule has 8 heteroatoms. The van der Waals surface area contributed by atoms with E-state index in [1.54, 1.807) is 11.3 Å². The van der Waals surface area contributed by atoms with E-state index in [2.05, 4.69) is 104 Å². The molecule has 0 spiro atoms. The zero-order chi connectivity index (χ0) is 29.8. The molecule has 1 atom stereocenters. The fourth-order valence-corrected chi connectivity index (χ4v) is 9.54. The van der Waals surface area contributed by atoms with Crippen molar-refractivity contribution < 1.29 is 4.74 Å². The number of rotatable bonds is 5. The molecule has 216 valence electrons. The Morgan fingerprint density at radius 1 is 0.932 bits per heavy atom. The van der Waals surface area contributed by atoms with E-state index in [-0.39, 0.29) is 11.6 Å². The summed E-state index contributed by atoms with van der Waals surface area (Å²) in [6, 6.07) is 31.2. The molecule has 0 N–H and O–H groups in total. The van der Waals surface area contributed by atoms with Gasteiger partial charge in [-0.05, 0) is 107 Å². The summed E-state index contributed by atoms with van der Waals surface area (Å²) in [6.45, 7) is 0.438. The molecule has 0 saturated carbocycles. The number of hydrogen-bond acceptors (Lipinski definition) is 5. The molecular formula is C36H24Br2N2O2S2. The number of hydrogen-bond donors (Lipinski definition) is 0. The summed E-state index contributed by atoms with van der Waals surface area (Å²) in [5.74, 6) is 0.723. The summed E-state index contributed by atoms with van der Waals surface area (Å²) in [5.41, 5.74) is 6.75. The highest BCUT2D eigenvalue weighted by Crippen LogP contribution is 2.42. The number of aromatic nitrogens is 1. The number of benzene rings is 4. The van der Waals surface area contributed by atoms with Crippen LogP contribution >= 0.6 is 54.5 Å². The summed E-state index contributed by atoms with van der Waals surface area (Å²) in [6.07, 6.45) is 3.80. The van der Waals surface area contributed by atoms with Gasteiger partial charge in [-0.3, -0.25) is 9.36 Å². The van der Waals surface area contributed by atoms with Gasteiger partial charge in [-0.15, -0.1) is 11.3 Å². The molecule has 0 saturated heterocycles. The van der Waals surface area contributed by atoms with Gasteiger partial charge in [-0.2, -0.15) is 0 Å². The fraction of sp³-hybridized carbons (Fsp3) is 0.111. The van der Waals surface area contributed by atoms with Crippen LogP contribution < -0.4 is 19.6 Å². The van der Waals surface area contributed by atoms with E-state index in [9.17, 15) is 4.79 Å². The van der Waals surface area contributed by atoms with Gasteiger partial charge in [0.15, 0.2) is 4.80 Å². The number of halogens is 2. The lowest BCUT2D eigenvalue weighted by Gasteiger charge is -2.30. The number of thiophene rings is 1. The normalized spacial score (nSPS) is 16.0. The van der Waals surface area contributed by atoms with E-state index in [1.807, 2.05) is 34.9 Å². The molecule has 0 amide bonds. The maximum Gasteiger partial charge on any atom is 0.271 e. The van der Waals surface area contributed by atoms with Gasteiger partial charge in [0.1, 0.15) is 12.4 Å². The SMILES string of the molecule is O=c1/c(=C/c2cc(Br)c(OCc3cccc4ccccc34)c(Br)c2)sc2n1[C@H](c1cccs1)C1=C(N=2)c2ccccc2CC1. The summed E-state index contributed by atoms with van der Waals surface area (Å²) >= 11 is 10.6. The van der Waals surface area contributed by atoms with Gasteiger partial charge in [0.25, 0.3) is 5.56 Å². The smallest absolute Gasteiger partial charge is 0.271 e. The first-order valence-electron chi connectivity index (χ1n) is 14.3. The molecule has 4 aromatic carbocycles. The largest absolute Gasteiger partial charge is 0.487 e. The van der Waals surface area contributed by atoms with Crippen LogP contribution in [0.4, 0.5) is 0 Å². The third-order valence-electron chi connectivity index (χ3n) is 8.26. The molecule has 8 rings (SSSR count). The second-order valence-corrected chi connectivity index (χ2v) is 14.6. The van der Waals surface area contributed by atoms with E-state index in [1.165, 1.54) is 38.8 Å². The average molecular weight is 741 g/mol. The van der Waals surface area contributed by atoms with E-state index < -0.39 is 0 Å². The van der Waals surface area contributed by atoms with Crippen LogP contribution in [-0.2, 0) is 13.0 Å². The Morgan fingerprint density at radius 3 is 2.57 bits per heavy atom. The molecule has 4 nitrogen and oxygen atoms in total. The molecule has 44 heavy (non-hydrogen) atoms. The van der Waals surface area contributed by atoms with Crippen molar-refractivity contribution in [1.82, 2.24) is 4.57 Å². The molecular weight excluding hydrogens is 716 g/mol. The Morgan fingerprint density at radius 2 is 1.73 bits per heavy atom. The fourth-order valence-electron chi connectivity index (χ4n) is 6.24. The summed E-state index contributed by atoms with van der Waals surface area (Å²) < 4.78 is 10.5. The van der Waals surface area contributed by atoms with Crippen molar-refractivity contribution in [2.45, 2.75) is 25.5 Å². The van der Waals surface area contributed by atoms with Crippen LogP contribution in [0.3, 0.4) is 0 Å². The van der Waals surface area contributed by atoms with Crippen molar-refractivity contribution >= 4 is 77.1 Å². The molecule has 0 unspecified atom stereocenters. The maximum absolute atomic E-state index is 14.1.